The van der Waals surface area contributed by atoms with E-state index in [0.29, 0.717) is 0 Å². The van der Waals surface area contributed by atoms with Gasteiger partial charge in [-0.15, -0.1) is 0 Å². The Balaban J connectivity index is 1.21. The Bertz CT molecular complexity index is 2270. The minimum absolute atomic E-state index is 0.0373. The fourth-order valence-electron chi connectivity index (χ4n) is 10.9. The standard InChI is InChI=1S/C47H41N/c1-30-28-37(31(2)43-44(30)48(33-16-6-5-7-17-33)46(4)27-15-14-26-45(43,46)3)32-24-25-42-38(29-32)36-20-10-13-23-41(36)47(42)39-21-11-8-18-34(39)35-19-9-12-22-40(35)47/h5-13,16-25,28-29H,14-15,26-27H2,1-4H3. The molecule has 6 aromatic rings. The maximum atomic E-state index is 2.73. The van der Waals surface area contributed by atoms with Crippen molar-refractivity contribution >= 4 is 11.4 Å². The zero-order chi connectivity index (χ0) is 32.4. The highest BCUT2D eigenvalue weighted by Crippen LogP contribution is 2.65. The highest BCUT2D eigenvalue weighted by Gasteiger charge is 2.59. The Labute approximate surface area is 284 Å². The van der Waals surface area contributed by atoms with Gasteiger partial charge in [0.05, 0.1) is 11.0 Å². The number of nitrogens with zero attached hydrogens (tertiary/aromatic N) is 1. The maximum absolute atomic E-state index is 2.73. The molecule has 0 amide bonds. The van der Waals surface area contributed by atoms with Crippen LogP contribution in [-0.2, 0) is 10.8 Å². The van der Waals surface area contributed by atoms with Gasteiger partial charge in [-0.1, -0.05) is 123 Å². The first-order chi connectivity index (χ1) is 23.4. The van der Waals surface area contributed by atoms with Gasteiger partial charge in [0.1, 0.15) is 0 Å². The molecule has 1 fully saturated rings. The Kier molecular flexibility index (Phi) is 5.63. The van der Waals surface area contributed by atoms with Crippen molar-refractivity contribution in [2.24, 2.45) is 0 Å². The largest absolute Gasteiger partial charge is 0.334 e. The van der Waals surface area contributed by atoms with Gasteiger partial charge in [0.15, 0.2) is 0 Å². The number of hydrogen-bond acceptors (Lipinski definition) is 1. The fourth-order valence-corrected chi connectivity index (χ4v) is 10.9. The maximum Gasteiger partial charge on any atom is 0.0725 e. The van der Waals surface area contributed by atoms with E-state index < -0.39 is 0 Å². The molecule has 0 aromatic heterocycles. The molecular formula is C47H41N. The van der Waals surface area contributed by atoms with Crippen molar-refractivity contribution in [3.63, 3.8) is 0 Å². The molecule has 1 saturated carbocycles. The summed E-state index contributed by atoms with van der Waals surface area (Å²) in [5.41, 5.74) is 20.7. The molecule has 4 aliphatic rings. The number of anilines is 2. The number of fused-ring (bicyclic) bond motifs is 13. The minimum atomic E-state index is -0.298. The highest BCUT2D eigenvalue weighted by molar-refractivity contribution is 5.96. The second-order valence-corrected chi connectivity index (χ2v) is 15.2. The summed E-state index contributed by atoms with van der Waals surface area (Å²) in [6.45, 7) is 9.88. The lowest BCUT2D eigenvalue weighted by atomic mass is 9.60. The number of rotatable bonds is 2. The molecule has 48 heavy (non-hydrogen) atoms. The van der Waals surface area contributed by atoms with Crippen LogP contribution in [0.3, 0.4) is 0 Å². The lowest BCUT2D eigenvalue weighted by Gasteiger charge is -2.50. The Morgan fingerprint density at radius 3 is 1.71 bits per heavy atom. The van der Waals surface area contributed by atoms with Crippen LogP contribution in [0, 0.1) is 13.8 Å². The first kappa shape index (κ1) is 28.2. The molecule has 6 aromatic carbocycles. The summed E-state index contributed by atoms with van der Waals surface area (Å²) >= 11 is 0. The van der Waals surface area contributed by atoms with Crippen molar-refractivity contribution in [2.75, 3.05) is 4.90 Å². The SMILES string of the molecule is Cc1cc(-c2ccc3c(c2)-c2ccccc2C32c3ccccc3-c3ccccc32)c(C)c2c1N(c1ccccc1)C1(C)CCCCC21C. The molecule has 1 nitrogen and oxygen atoms in total. The van der Waals surface area contributed by atoms with Gasteiger partial charge in [0, 0.05) is 16.8 Å². The second kappa shape index (κ2) is 9.60. The zero-order valence-electron chi connectivity index (χ0n) is 28.4. The summed E-state index contributed by atoms with van der Waals surface area (Å²) in [7, 11) is 0. The summed E-state index contributed by atoms with van der Waals surface area (Å²) < 4.78 is 0. The summed E-state index contributed by atoms with van der Waals surface area (Å²) in [5.74, 6) is 0. The molecule has 1 spiro atoms. The molecule has 2 unspecified atom stereocenters. The monoisotopic (exact) mass is 619 g/mol. The predicted molar refractivity (Wildman–Crippen MR) is 200 cm³/mol. The number of para-hydroxylation sites is 1. The third-order valence-corrected chi connectivity index (χ3v) is 13.1. The van der Waals surface area contributed by atoms with E-state index in [1.54, 1.807) is 5.56 Å². The molecule has 2 atom stereocenters. The number of benzene rings is 6. The average molecular weight is 620 g/mol. The Morgan fingerprint density at radius 2 is 1.06 bits per heavy atom. The Morgan fingerprint density at radius 1 is 0.521 bits per heavy atom. The quantitative estimate of drug-likeness (QED) is 0.186. The van der Waals surface area contributed by atoms with Crippen LogP contribution in [0.5, 0.6) is 0 Å². The summed E-state index contributed by atoms with van der Waals surface area (Å²) in [6.07, 6.45) is 5.01. The van der Waals surface area contributed by atoms with Gasteiger partial charge in [-0.3, -0.25) is 0 Å². The van der Waals surface area contributed by atoms with E-state index >= 15 is 0 Å². The summed E-state index contributed by atoms with van der Waals surface area (Å²) in [5, 5.41) is 0. The first-order valence-corrected chi connectivity index (χ1v) is 17.8. The van der Waals surface area contributed by atoms with Crippen LogP contribution in [0.1, 0.15) is 78.5 Å². The van der Waals surface area contributed by atoms with Crippen molar-refractivity contribution in [3.8, 4) is 33.4 Å². The molecule has 1 aliphatic heterocycles. The van der Waals surface area contributed by atoms with Crippen molar-refractivity contribution in [1.29, 1.82) is 0 Å². The molecule has 1 heterocycles. The molecule has 234 valence electrons. The normalized spacial score (nSPS) is 22.1. The van der Waals surface area contributed by atoms with Crippen molar-refractivity contribution in [3.05, 3.63) is 166 Å². The van der Waals surface area contributed by atoms with Gasteiger partial charge >= 0.3 is 0 Å². The molecule has 0 radical (unpaired) electrons. The van der Waals surface area contributed by atoms with E-state index in [1.165, 1.54) is 104 Å². The molecule has 0 N–H and O–H groups in total. The minimum Gasteiger partial charge on any atom is -0.334 e. The van der Waals surface area contributed by atoms with E-state index in [9.17, 15) is 0 Å². The van der Waals surface area contributed by atoms with Crippen LogP contribution in [-0.4, -0.2) is 5.54 Å². The van der Waals surface area contributed by atoms with Gasteiger partial charge in [0.25, 0.3) is 0 Å². The van der Waals surface area contributed by atoms with E-state index in [4.69, 9.17) is 0 Å². The summed E-state index contributed by atoms with van der Waals surface area (Å²) in [6, 6.07) is 48.4. The van der Waals surface area contributed by atoms with E-state index in [2.05, 4.69) is 160 Å². The van der Waals surface area contributed by atoms with Crippen LogP contribution in [0.2, 0.25) is 0 Å². The van der Waals surface area contributed by atoms with Crippen molar-refractivity contribution in [2.45, 2.75) is 69.7 Å². The third kappa shape index (κ3) is 3.23. The van der Waals surface area contributed by atoms with Gasteiger partial charge < -0.3 is 4.90 Å². The highest BCUT2D eigenvalue weighted by atomic mass is 15.3. The van der Waals surface area contributed by atoms with Crippen LogP contribution in [0.4, 0.5) is 11.4 Å². The van der Waals surface area contributed by atoms with Gasteiger partial charge in [-0.05, 0) is 130 Å². The van der Waals surface area contributed by atoms with Crippen LogP contribution >= 0.6 is 0 Å². The third-order valence-electron chi connectivity index (χ3n) is 13.1. The van der Waals surface area contributed by atoms with Crippen LogP contribution < -0.4 is 4.90 Å². The Hall–Kier alpha value is -4.88. The second-order valence-electron chi connectivity index (χ2n) is 15.2. The number of hydrogen-bond donors (Lipinski definition) is 0. The first-order valence-electron chi connectivity index (χ1n) is 17.8. The van der Waals surface area contributed by atoms with Crippen LogP contribution in [0.25, 0.3) is 33.4 Å². The van der Waals surface area contributed by atoms with Gasteiger partial charge in [0.2, 0.25) is 0 Å². The van der Waals surface area contributed by atoms with Crippen molar-refractivity contribution in [1.82, 2.24) is 0 Å². The van der Waals surface area contributed by atoms with E-state index in [1.807, 2.05) is 0 Å². The smallest absolute Gasteiger partial charge is 0.0725 e. The molecule has 0 bridgehead atoms. The molecular weight excluding hydrogens is 579 g/mol. The molecule has 1 heteroatoms. The van der Waals surface area contributed by atoms with Gasteiger partial charge in [-0.2, -0.15) is 0 Å². The fraction of sp³-hybridized carbons (Fsp3) is 0.234. The van der Waals surface area contributed by atoms with E-state index in [0.717, 1.165) is 0 Å². The van der Waals surface area contributed by atoms with Gasteiger partial charge in [-0.25, -0.2) is 0 Å². The molecule has 0 saturated heterocycles. The van der Waals surface area contributed by atoms with Crippen LogP contribution in [0.15, 0.2) is 127 Å². The van der Waals surface area contributed by atoms with E-state index in [-0.39, 0.29) is 16.4 Å². The lowest BCUT2D eigenvalue weighted by molar-refractivity contribution is 0.194. The van der Waals surface area contributed by atoms with Crippen molar-refractivity contribution < 1.29 is 0 Å². The average Bonchev–Trinajstić information content (AvgIpc) is 3.67. The topological polar surface area (TPSA) is 3.24 Å². The zero-order valence-corrected chi connectivity index (χ0v) is 28.4. The summed E-state index contributed by atoms with van der Waals surface area (Å²) in [4.78, 5) is 2.73. The lowest BCUT2D eigenvalue weighted by Crippen LogP contribution is -2.54. The number of aryl methyl sites for hydroxylation is 1. The molecule has 3 aliphatic carbocycles. The predicted octanol–water partition coefficient (Wildman–Crippen LogP) is 12.1. The molecule has 10 rings (SSSR count).